The highest BCUT2D eigenvalue weighted by atomic mass is 16.2. The van der Waals surface area contributed by atoms with Crippen LogP contribution in [-0.2, 0) is 9.59 Å². The minimum Gasteiger partial charge on any atom is -0.354 e. The summed E-state index contributed by atoms with van der Waals surface area (Å²) in [7, 11) is 0. The standard InChI is InChI=1S/C24H40N2O2/c1-6-26-20-10-7-16-17-8-9-19(22(28)25-15(2)3)23(17,4)13-11-18(16)24(20,5)14-12-21(26)27/h15-20H,6-14H2,1-5H3,(H,25,28)/t16-,17-,18+,19?,20?,23-,24+/m0/s1. The topological polar surface area (TPSA) is 49.4 Å². The summed E-state index contributed by atoms with van der Waals surface area (Å²) in [5.74, 6) is 2.99. The third-order valence-corrected chi connectivity index (χ3v) is 9.48. The normalized spacial score (nSPS) is 45.4. The van der Waals surface area contributed by atoms with Crippen molar-refractivity contribution in [1.29, 1.82) is 0 Å². The van der Waals surface area contributed by atoms with E-state index >= 15 is 0 Å². The zero-order valence-electron chi connectivity index (χ0n) is 18.6. The molecular formula is C24H40N2O2. The second kappa shape index (κ2) is 7.02. The maximum atomic E-state index is 12.9. The Labute approximate surface area is 171 Å². The number of hydrogen-bond acceptors (Lipinski definition) is 2. The fourth-order valence-corrected chi connectivity index (χ4v) is 8.21. The van der Waals surface area contributed by atoms with Gasteiger partial charge in [-0.3, -0.25) is 9.59 Å². The van der Waals surface area contributed by atoms with Crippen molar-refractivity contribution in [3.63, 3.8) is 0 Å². The molecule has 4 rings (SSSR count). The molecule has 7 atom stereocenters. The number of carbonyl (C=O) groups excluding carboxylic acids is 2. The molecule has 2 unspecified atom stereocenters. The number of nitrogens with one attached hydrogen (secondary N) is 1. The average Bonchev–Trinajstić information content (AvgIpc) is 2.99. The summed E-state index contributed by atoms with van der Waals surface area (Å²) < 4.78 is 0. The van der Waals surface area contributed by atoms with Crippen LogP contribution in [0.4, 0.5) is 0 Å². The Morgan fingerprint density at radius 2 is 1.79 bits per heavy atom. The molecule has 0 aromatic heterocycles. The number of carbonyl (C=O) groups is 2. The van der Waals surface area contributed by atoms with Gasteiger partial charge in [0, 0.05) is 31.0 Å². The fraction of sp³-hybridized carbons (Fsp3) is 0.917. The van der Waals surface area contributed by atoms with Crippen LogP contribution in [0.5, 0.6) is 0 Å². The van der Waals surface area contributed by atoms with Crippen molar-refractivity contribution < 1.29 is 9.59 Å². The molecule has 4 heteroatoms. The van der Waals surface area contributed by atoms with Gasteiger partial charge in [0.1, 0.15) is 0 Å². The van der Waals surface area contributed by atoms with Crippen molar-refractivity contribution >= 4 is 11.8 Å². The Hall–Kier alpha value is -1.06. The SMILES string of the molecule is CCN1C(=O)CC[C@@]2(C)C1CC[C@@H]1[C@H]2CC[C@]2(C)C(C(=O)NC(C)C)CC[C@@H]12. The summed E-state index contributed by atoms with van der Waals surface area (Å²) in [6.07, 6.45) is 8.88. The van der Waals surface area contributed by atoms with Crippen LogP contribution in [0, 0.1) is 34.5 Å². The van der Waals surface area contributed by atoms with Gasteiger partial charge in [0.25, 0.3) is 0 Å². The number of amides is 2. The van der Waals surface area contributed by atoms with Crippen LogP contribution in [0.3, 0.4) is 0 Å². The highest BCUT2D eigenvalue weighted by molar-refractivity contribution is 5.80. The molecular weight excluding hydrogens is 348 g/mol. The Morgan fingerprint density at radius 3 is 2.46 bits per heavy atom. The molecule has 3 aliphatic carbocycles. The summed E-state index contributed by atoms with van der Waals surface area (Å²) >= 11 is 0. The molecule has 1 saturated heterocycles. The first kappa shape index (κ1) is 20.2. The highest BCUT2D eigenvalue weighted by Gasteiger charge is 2.62. The molecule has 4 nitrogen and oxygen atoms in total. The molecule has 4 fully saturated rings. The first-order valence-electron chi connectivity index (χ1n) is 11.8. The smallest absolute Gasteiger partial charge is 0.223 e. The minimum absolute atomic E-state index is 0.165. The van der Waals surface area contributed by atoms with Crippen LogP contribution in [0.15, 0.2) is 0 Å². The maximum Gasteiger partial charge on any atom is 0.223 e. The van der Waals surface area contributed by atoms with Gasteiger partial charge in [0.2, 0.25) is 11.8 Å². The molecule has 28 heavy (non-hydrogen) atoms. The zero-order valence-corrected chi connectivity index (χ0v) is 18.6. The third kappa shape index (κ3) is 2.84. The summed E-state index contributed by atoms with van der Waals surface area (Å²) in [6.45, 7) is 12.0. The number of nitrogens with zero attached hydrogens (tertiary/aromatic N) is 1. The van der Waals surface area contributed by atoms with Gasteiger partial charge in [0.05, 0.1) is 0 Å². The fourth-order valence-electron chi connectivity index (χ4n) is 8.21. The van der Waals surface area contributed by atoms with E-state index in [9.17, 15) is 9.59 Å². The van der Waals surface area contributed by atoms with Gasteiger partial charge in [0.15, 0.2) is 0 Å². The van der Waals surface area contributed by atoms with Gasteiger partial charge in [-0.2, -0.15) is 0 Å². The average molecular weight is 389 g/mol. The monoisotopic (exact) mass is 388 g/mol. The predicted molar refractivity (Wildman–Crippen MR) is 112 cm³/mol. The second-order valence-electron chi connectivity index (χ2n) is 11.0. The van der Waals surface area contributed by atoms with Crippen molar-refractivity contribution in [2.24, 2.45) is 34.5 Å². The molecule has 0 aromatic carbocycles. The molecule has 0 spiro atoms. The lowest BCUT2D eigenvalue weighted by Gasteiger charge is -2.62. The van der Waals surface area contributed by atoms with Crippen LogP contribution < -0.4 is 5.32 Å². The molecule has 1 heterocycles. The summed E-state index contributed by atoms with van der Waals surface area (Å²) in [6, 6.07) is 0.659. The lowest BCUT2D eigenvalue weighted by Crippen LogP contribution is -2.62. The van der Waals surface area contributed by atoms with E-state index in [2.05, 4.69) is 44.8 Å². The number of likely N-dealkylation sites (tertiary alicyclic amines) is 1. The molecule has 2 amide bonds. The molecule has 3 saturated carbocycles. The van der Waals surface area contributed by atoms with Crippen LogP contribution in [0.25, 0.3) is 0 Å². The molecule has 1 aliphatic heterocycles. The minimum atomic E-state index is 0.165. The van der Waals surface area contributed by atoms with E-state index in [4.69, 9.17) is 0 Å². The maximum absolute atomic E-state index is 12.9. The number of fused-ring (bicyclic) bond motifs is 5. The summed E-state index contributed by atoms with van der Waals surface area (Å²) in [5, 5.41) is 3.20. The number of rotatable bonds is 3. The highest BCUT2D eigenvalue weighted by Crippen LogP contribution is 2.66. The van der Waals surface area contributed by atoms with E-state index in [-0.39, 0.29) is 22.8 Å². The summed E-state index contributed by atoms with van der Waals surface area (Å²) in [4.78, 5) is 27.6. The summed E-state index contributed by atoms with van der Waals surface area (Å²) in [5.41, 5.74) is 0.435. The van der Waals surface area contributed by atoms with E-state index in [1.807, 2.05) is 0 Å². The van der Waals surface area contributed by atoms with E-state index in [0.717, 1.165) is 44.1 Å². The second-order valence-corrected chi connectivity index (χ2v) is 11.0. The Kier molecular flexibility index (Phi) is 5.07. The molecule has 0 bridgehead atoms. The van der Waals surface area contributed by atoms with Crippen molar-refractivity contribution in [2.75, 3.05) is 6.54 Å². The van der Waals surface area contributed by atoms with Crippen molar-refractivity contribution in [3.8, 4) is 0 Å². The van der Waals surface area contributed by atoms with Crippen LogP contribution in [0.1, 0.15) is 86.0 Å². The molecule has 4 aliphatic rings. The third-order valence-electron chi connectivity index (χ3n) is 9.48. The first-order chi connectivity index (χ1) is 13.2. The van der Waals surface area contributed by atoms with Gasteiger partial charge in [-0.15, -0.1) is 0 Å². The lowest BCUT2D eigenvalue weighted by atomic mass is 9.47. The van der Waals surface area contributed by atoms with E-state index in [0.29, 0.717) is 23.8 Å². The van der Waals surface area contributed by atoms with Gasteiger partial charge in [-0.1, -0.05) is 13.8 Å². The zero-order chi connectivity index (χ0) is 20.3. The quantitative estimate of drug-likeness (QED) is 0.780. The van der Waals surface area contributed by atoms with Crippen molar-refractivity contribution in [3.05, 3.63) is 0 Å². The van der Waals surface area contributed by atoms with Gasteiger partial charge in [-0.05, 0) is 94.3 Å². The van der Waals surface area contributed by atoms with Crippen LogP contribution in [-0.4, -0.2) is 35.3 Å². The molecule has 158 valence electrons. The lowest BCUT2D eigenvalue weighted by molar-refractivity contribution is -0.162. The number of hydrogen-bond donors (Lipinski definition) is 1. The Balaban J connectivity index is 1.58. The van der Waals surface area contributed by atoms with E-state index < -0.39 is 0 Å². The van der Waals surface area contributed by atoms with Crippen molar-refractivity contribution in [1.82, 2.24) is 10.2 Å². The largest absolute Gasteiger partial charge is 0.354 e. The van der Waals surface area contributed by atoms with Crippen LogP contribution in [0.2, 0.25) is 0 Å². The van der Waals surface area contributed by atoms with Gasteiger partial charge >= 0.3 is 0 Å². The Bertz CT molecular complexity index is 647. The van der Waals surface area contributed by atoms with Gasteiger partial charge < -0.3 is 10.2 Å². The predicted octanol–water partition coefficient (Wildman–Crippen LogP) is 4.38. The molecule has 1 N–H and O–H groups in total. The van der Waals surface area contributed by atoms with Crippen LogP contribution >= 0.6 is 0 Å². The molecule has 0 radical (unpaired) electrons. The molecule has 0 aromatic rings. The van der Waals surface area contributed by atoms with E-state index in [1.165, 1.54) is 25.7 Å². The van der Waals surface area contributed by atoms with Crippen molar-refractivity contribution in [2.45, 2.75) is 98.1 Å². The van der Waals surface area contributed by atoms with Gasteiger partial charge in [-0.25, -0.2) is 0 Å². The first-order valence-corrected chi connectivity index (χ1v) is 11.8. The van der Waals surface area contributed by atoms with E-state index in [1.54, 1.807) is 0 Å². The number of piperidine rings is 1. The Morgan fingerprint density at radius 1 is 1.07 bits per heavy atom.